The minimum absolute atomic E-state index is 0.391. The standard InChI is InChI=1S/C18H25NO4/c1-6-7-13-8-10-14(11-9-13)12(2)15(16(20)21)19-17(22)23-18(3,4)5/h6,8-12,15H,1,7H2,2-5H3,(H,19,22)(H,20,21). The first kappa shape index (κ1) is 18.7. The predicted octanol–water partition coefficient (Wildman–Crippen LogP) is 3.50. The fourth-order valence-electron chi connectivity index (χ4n) is 2.15. The minimum Gasteiger partial charge on any atom is -0.480 e. The molecule has 5 nitrogen and oxygen atoms in total. The second-order valence-corrected chi connectivity index (χ2v) is 6.49. The molecule has 23 heavy (non-hydrogen) atoms. The summed E-state index contributed by atoms with van der Waals surface area (Å²) in [6.45, 7) is 10.6. The highest BCUT2D eigenvalue weighted by Gasteiger charge is 2.29. The Morgan fingerprint density at radius 1 is 1.30 bits per heavy atom. The first-order valence-corrected chi connectivity index (χ1v) is 7.56. The molecule has 2 atom stereocenters. The number of nitrogens with one attached hydrogen (secondary N) is 1. The van der Waals surface area contributed by atoms with Crippen molar-refractivity contribution in [2.75, 3.05) is 0 Å². The van der Waals surface area contributed by atoms with Crippen molar-refractivity contribution in [1.29, 1.82) is 0 Å². The van der Waals surface area contributed by atoms with Gasteiger partial charge in [0.05, 0.1) is 0 Å². The summed E-state index contributed by atoms with van der Waals surface area (Å²) in [5, 5.41) is 11.8. The normalized spacial score (nSPS) is 13.7. The monoisotopic (exact) mass is 319 g/mol. The van der Waals surface area contributed by atoms with Crippen LogP contribution in [0.25, 0.3) is 0 Å². The molecular weight excluding hydrogens is 294 g/mol. The number of carboxylic acids is 1. The zero-order chi connectivity index (χ0) is 17.6. The van der Waals surface area contributed by atoms with Crippen LogP contribution < -0.4 is 5.32 Å². The van der Waals surface area contributed by atoms with Crippen LogP contribution in [0.3, 0.4) is 0 Å². The zero-order valence-corrected chi connectivity index (χ0v) is 14.1. The third kappa shape index (κ3) is 6.14. The molecule has 2 unspecified atom stereocenters. The van der Waals surface area contributed by atoms with Crippen molar-refractivity contribution in [1.82, 2.24) is 5.32 Å². The Morgan fingerprint density at radius 3 is 2.30 bits per heavy atom. The molecule has 0 aliphatic rings. The first-order chi connectivity index (χ1) is 10.6. The number of allylic oxidation sites excluding steroid dienone is 1. The Morgan fingerprint density at radius 2 is 1.87 bits per heavy atom. The van der Waals surface area contributed by atoms with E-state index in [1.54, 1.807) is 27.7 Å². The number of ether oxygens (including phenoxy) is 1. The molecule has 2 N–H and O–H groups in total. The van der Waals surface area contributed by atoms with Gasteiger partial charge >= 0.3 is 12.1 Å². The van der Waals surface area contributed by atoms with Crippen molar-refractivity contribution in [2.45, 2.75) is 51.7 Å². The molecule has 1 rings (SSSR count). The molecule has 1 aromatic carbocycles. The van der Waals surface area contributed by atoms with Crippen LogP contribution in [0.15, 0.2) is 36.9 Å². The van der Waals surface area contributed by atoms with Crippen LogP contribution in [0, 0.1) is 0 Å². The van der Waals surface area contributed by atoms with Crippen molar-refractivity contribution >= 4 is 12.1 Å². The molecule has 0 radical (unpaired) electrons. The smallest absolute Gasteiger partial charge is 0.408 e. The van der Waals surface area contributed by atoms with Gasteiger partial charge in [-0.1, -0.05) is 37.3 Å². The molecule has 0 heterocycles. The van der Waals surface area contributed by atoms with Crippen molar-refractivity contribution in [3.05, 3.63) is 48.0 Å². The summed E-state index contributed by atoms with van der Waals surface area (Å²) in [6, 6.07) is 6.54. The summed E-state index contributed by atoms with van der Waals surface area (Å²) in [7, 11) is 0. The van der Waals surface area contributed by atoms with E-state index < -0.39 is 29.6 Å². The van der Waals surface area contributed by atoms with E-state index in [1.165, 1.54) is 0 Å². The molecule has 0 bridgehead atoms. The van der Waals surface area contributed by atoms with Crippen molar-refractivity contribution in [2.24, 2.45) is 0 Å². The highest BCUT2D eigenvalue weighted by Crippen LogP contribution is 2.21. The van der Waals surface area contributed by atoms with E-state index in [9.17, 15) is 14.7 Å². The molecule has 0 aliphatic heterocycles. The van der Waals surface area contributed by atoms with Crippen molar-refractivity contribution in [3.8, 4) is 0 Å². The van der Waals surface area contributed by atoms with E-state index in [0.29, 0.717) is 0 Å². The second kappa shape index (κ2) is 7.81. The van der Waals surface area contributed by atoms with Gasteiger partial charge in [0.1, 0.15) is 11.6 Å². The number of aliphatic carboxylic acids is 1. The van der Waals surface area contributed by atoms with Crippen molar-refractivity contribution in [3.63, 3.8) is 0 Å². The maximum absolute atomic E-state index is 11.8. The lowest BCUT2D eigenvalue weighted by molar-refractivity contribution is -0.140. The van der Waals surface area contributed by atoms with Crippen LogP contribution in [0.1, 0.15) is 44.7 Å². The number of benzene rings is 1. The average molecular weight is 319 g/mol. The number of hydrogen-bond donors (Lipinski definition) is 2. The highest BCUT2D eigenvalue weighted by molar-refractivity contribution is 5.81. The van der Waals surface area contributed by atoms with Gasteiger partial charge in [0.25, 0.3) is 0 Å². The molecule has 126 valence electrons. The summed E-state index contributed by atoms with van der Waals surface area (Å²) in [5.74, 6) is -1.49. The number of alkyl carbamates (subject to hydrolysis) is 1. The average Bonchev–Trinajstić information content (AvgIpc) is 2.43. The highest BCUT2D eigenvalue weighted by atomic mass is 16.6. The van der Waals surface area contributed by atoms with Crippen LogP contribution in [0.2, 0.25) is 0 Å². The third-order valence-corrected chi connectivity index (χ3v) is 3.32. The molecular formula is C18H25NO4. The fourth-order valence-corrected chi connectivity index (χ4v) is 2.15. The second-order valence-electron chi connectivity index (χ2n) is 6.49. The number of carbonyl (C=O) groups is 2. The van der Waals surface area contributed by atoms with Crippen molar-refractivity contribution < 1.29 is 19.4 Å². The van der Waals surface area contributed by atoms with Crippen LogP contribution in [-0.4, -0.2) is 28.8 Å². The summed E-state index contributed by atoms with van der Waals surface area (Å²) in [5.41, 5.74) is 1.26. The van der Waals surface area contributed by atoms with Gasteiger partial charge < -0.3 is 15.2 Å². The van der Waals surface area contributed by atoms with Gasteiger partial charge in [0.2, 0.25) is 0 Å². The number of hydrogen-bond acceptors (Lipinski definition) is 3. The zero-order valence-electron chi connectivity index (χ0n) is 14.1. The number of amides is 1. The van der Waals surface area contributed by atoms with E-state index >= 15 is 0 Å². The molecule has 0 saturated heterocycles. The Hall–Kier alpha value is -2.30. The maximum Gasteiger partial charge on any atom is 0.408 e. The Labute approximate surface area is 137 Å². The van der Waals surface area contributed by atoms with Gasteiger partial charge in [-0.15, -0.1) is 6.58 Å². The Bertz CT molecular complexity index is 557. The van der Waals surface area contributed by atoms with Gasteiger partial charge in [0, 0.05) is 5.92 Å². The first-order valence-electron chi connectivity index (χ1n) is 7.56. The Balaban J connectivity index is 2.85. The van der Waals surface area contributed by atoms with E-state index in [-0.39, 0.29) is 0 Å². The lowest BCUT2D eigenvalue weighted by Crippen LogP contribution is -2.46. The SMILES string of the molecule is C=CCc1ccc(C(C)C(NC(=O)OC(C)(C)C)C(=O)O)cc1. The summed E-state index contributed by atoms with van der Waals surface area (Å²) in [6.07, 6.45) is 1.83. The number of rotatable bonds is 6. The topological polar surface area (TPSA) is 75.6 Å². The van der Waals surface area contributed by atoms with E-state index in [2.05, 4.69) is 11.9 Å². The van der Waals surface area contributed by atoms with E-state index in [4.69, 9.17) is 4.74 Å². The molecule has 0 saturated carbocycles. The van der Waals surface area contributed by atoms with Gasteiger partial charge in [0.15, 0.2) is 0 Å². The van der Waals surface area contributed by atoms with E-state index in [1.807, 2.05) is 30.3 Å². The Kier molecular flexibility index (Phi) is 6.37. The summed E-state index contributed by atoms with van der Waals surface area (Å²) >= 11 is 0. The maximum atomic E-state index is 11.8. The minimum atomic E-state index is -1.10. The lowest BCUT2D eigenvalue weighted by Gasteiger charge is -2.25. The van der Waals surface area contributed by atoms with Crippen LogP contribution in [0.4, 0.5) is 4.79 Å². The van der Waals surface area contributed by atoms with Gasteiger partial charge in [-0.05, 0) is 38.3 Å². The third-order valence-electron chi connectivity index (χ3n) is 3.32. The molecule has 1 amide bonds. The molecule has 1 aromatic rings. The molecule has 0 spiro atoms. The largest absolute Gasteiger partial charge is 0.480 e. The summed E-state index contributed by atoms with van der Waals surface area (Å²) in [4.78, 5) is 23.3. The molecule has 0 aromatic heterocycles. The molecule has 0 aliphatic carbocycles. The van der Waals surface area contributed by atoms with Crippen LogP contribution >= 0.6 is 0 Å². The number of carbonyl (C=O) groups excluding carboxylic acids is 1. The van der Waals surface area contributed by atoms with Gasteiger partial charge in [-0.2, -0.15) is 0 Å². The number of carboxylic acid groups (broad SMARTS) is 1. The quantitative estimate of drug-likeness (QED) is 0.787. The fraction of sp³-hybridized carbons (Fsp3) is 0.444. The van der Waals surface area contributed by atoms with Crippen LogP contribution in [0.5, 0.6) is 0 Å². The van der Waals surface area contributed by atoms with Gasteiger partial charge in [-0.3, -0.25) is 0 Å². The molecule has 0 fully saturated rings. The summed E-state index contributed by atoms with van der Waals surface area (Å²) < 4.78 is 5.13. The molecule has 5 heteroatoms. The predicted molar refractivity (Wildman–Crippen MR) is 89.6 cm³/mol. The van der Waals surface area contributed by atoms with Gasteiger partial charge in [-0.25, -0.2) is 9.59 Å². The van der Waals surface area contributed by atoms with E-state index in [0.717, 1.165) is 17.5 Å². The lowest BCUT2D eigenvalue weighted by atomic mass is 9.92. The van der Waals surface area contributed by atoms with Crippen LogP contribution in [-0.2, 0) is 16.0 Å².